The maximum atomic E-state index is 11.8. The minimum absolute atomic E-state index is 0.130. The largest absolute Gasteiger partial charge is 0.294 e. The summed E-state index contributed by atoms with van der Waals surface area (Å²) >= 11 is 11.7. The second kappa shape index (κ2) is 3.56. The molecule has 3 heteroatoms. The maximum absolute atomic E-state index is 11.8. The van der Waals surface area contributed by atoms with Crippen LogP contribution in [-0.2, 0) is 0 Å². The van der Waals surface area contributed by atoms with E-state index in [1.165, 1.54) is 0 Å². The van der Waals surface area contributed by atoms with Crippen LogP contribution in [0, 0.1) is 11.8 Å². The fourth-order valence-corrected chi connectivity index (χ4v) is 1.96. The van der Waals surface area contributed by atoms with Crippen molar-refractivity contribution in [3.05, 3.63) is 33.8 Å². The topological polar surface area (TPSA) is 17.1 Å². The smallest absolute Gasteiger partial charge is 0.167 e. The lowest BCUT2D eigenvalue weighted by Crippen LogP contribution is -2.03. The first-order chi connectivity index (χ1) is 6.59. The molecule has 74 valence electrons. The number of Topliss-reactive ketones (excluding diaryl/α,β-unsaturated/α-hetero) is 1. The molecule has 0 N–H and O–H groups in total. The van der Waals surface area contributed by atoms with Crippen molar-refractivity contribution in [3.63, 3.8) is 0 Å². The zero-order chi connectivity index (χ0) is 10.3. The van der Waals surface area contributed by atoms with Gasteiger partial charge in [-0.05, 0) is 30.5 Å². The molecule has 1 fully saturated rings. The molecule has 0 spiro atoms. The monoisotopic (exact) mass is 228 g/mol. The lowest BCUT2D eigenvalue weighted by Gasteiger charge is -2.02. The Morgan fingerprint density at radius 2 is 2.07 bits per heavy atom. The van der Waals surface area contributed by atoms with E-state index in [2.05, 4.69) is 6.92 Å². The molecule has 1 saturated carbocycles. The van der Waals surface area contributed by atoms with Gasteiger partial charge in [-0.3, -0.25) is 4.79 Å². The van der Waals surface area contributed by atoms with Gasteiger partial charge in [0.25, 0.3) is 0 Å². The highest BCUT2D eigenvalue weighted by Crippen LogP contribution is 2.41. The molecule has 2 unspecified atom stereocenters. The number of benzene rings is 1. The Kier molecular flexibility index (Phi) is 2.54. The number of hydrogen-bond donors (Lipinski definition) is 0. The average molecular weight is 229 g/mol. The third kappa shape index (κ3) is 1.79. The molecule has 1 nitrogen and oxygen atoms in total. The van der Waals surface area contributed by atoms with Gasteiger partial charge in [-0.2, -0.15) is 0 Å². The first kappa shape index (κ1) is 10.0. The maximum Gasteiger partial charge on any atom is 0.167 e. The molecular formula is C11H10Cl2O. The van der Waals surface area contributed by atoms with Crippen LogP contribution in [0.1, 0.15) is 23.7 Å². The minimum Gasteiger partial charge on any atom is -0.294 e. The molecule has 0 aromatic heterocycles. The van der Waals surface area contributed by atoms with E-state index < -0.39 is 0 Å². The minimum atomic E-state index is 0.130. The third-order valence-corrected chi connectivity index (χ3v) is 3.20. The SMILES string of the molecule is CC1CC1C(=O)c1cc(Cl)ccc1Cl. The molecule has 0 radical (unpaired) electrons. The standard InChI is InChI=1S/C11H10Cl2O/c1-6-4-8(6)11(14)9-5-7(12)2-3-10(9)13/h2-3,5-6,8H,4H2,1H3. The van der Waals surface area contributed by atoms with E-state index in [9.17, 15) is 4.79 Å². The number of hydrogen-bond acceptors (Lipinski definition) is 1. The molecule has 0 aliphatic heterocycles. The van der Waals surface area contributed by atoms with Gasteiger partial charge in [-0.15, -0.1) is 0 Å². The highest BCUT2D eigenvalue weighted by molar-refractivity contribution is 6.36. The van der Waals surface area contributed by atoms with Crippen LogP contribution >= 0.6 is 23.2 Å². The van der Waals surface area contributed by atoms with Crippen LogP contribution in [0.25, 0.3) is 0 Å². The first-order valence-corrected chi connectivity index (χ1v) is 5.34. The van der Waals surface area contributed by atoms with Crippen molar-refractivity contribution in [3.8, 4) is 0 Å². The zero-order valence-corrected chi connectivity index (χ0v) is 9.27. The molecule has 14 heavy (non-hydrogen) atoms. The highest BCUT2D eigenvalue weighted by Gasteiger charge is 2.39. The van der Waals surface area contributed by atoms with Gasteiger partial charge in [0, 0.05) is 16.5 Å². The molecule has 0 bridgehead atoms. The molecule has 2 rings (SSSR count). The summed E-state index contributed by atoms with van der Waals surface area (Å²) in [4.78, 5) is 11.8. The van der Waals surface area contributed by atoms with Crippen molar-refractivity contribution in [2.75, 3.05) is 0 Å². The molecule has 1 aliphatic rings. The Balaban J connectivity index is 2.31. The van der Waals surface area contributed by atoms with Crippen LogP contribution in [0.4, 0.5) is 0 Å². The van der Waals surface area contributed by atoms with E-state index in [1.54, 1.807) is 18.2 Å². The second-order valence-corrected chi connectivity index (χ2v) is 4.65. The predicted octanol–water partition coefficient (Wildman–Crippen LogP) is 3.83. The van der Waals surface area contributed by atoms with Crippen LogP contribution < -0.4 is 0 Å². The molecule has 1 aromatic rings. The van der Waals surface area contributed by atoms with Gasteiger partial charge in [0.1, 0.15) is 0 Å². The van der Waals surface area contributed by atoms with Crippen molar-refractivity contribution >= 4 is 29.0 Å². The predicted molar refractivity (Wildman–Crippen MR) is 58.1 cm³/mol. The summed E-state index contributed by atoms with van der Waals surface area (Å²) in [7, 11) is 0. The van der Waals surface area contributed by atoms with Crippen molar-refractivity contribution in [1.82, 2.24) is 0 Å². The van der Waals surface area contributed by atoms with Gasteiger partial charge in [0.15, 0.2) is 5.78 Å². The zero-order valence-electron chi connectivity index (χ0n) is 7.76. The van der Waals surface area contributed by atoms with Gasteiger partial charge in [0.05, 0.1) is 5.02 Å². The summed E-state index contributed by atoms with van der Waals surface area (Å²) in [6.45, 7) is 2.07. The Morgan fingerprint density at radius 1 is 1.43 bits per heavy atom. The van der Waals surface area contributed by atoms with E-state index >= 15 is 0 Å². The molecule has 2 atom stereocenters. The normalized spacial score (nSPS) is 24.8. The Labute approximate surface area is 93.0 Å². The molecular weight excluding hydrogens is 219 g/mol. The Bertz CT molecular complexity index is 387. The summed E-state index contributed by atoms with van der Waals surface area (Å²) in [6.07, 6.45) is 0.974. The average Bonchev–Trinajstić information content (AvgIpc) is 2.86. The van der Waals surface area contributed by atoms with Crippen molar-refractivity contribution in [2.45, 2.75) is 13.3 Å². The van der Waals surface area contributed by atoms with E-state index in [0.717, 1.165) is 6.42 Å². The molecule has 1 aliphatic carbocycles. The number of rotatable bonds is 2. The van der Waals surface area contributed by atoms with Crippen LogP contribution in [0.15, 0.2) is 18.2 Å². The Hall–Kier alpha value is -0.530. The fraction of sp³-hybridized carbons (Fsp3) is 0.364. The van der Waals surface area contributed by atoms with E-state index in [1.807, 2.05) is 0 Å². The van der Waals surface area contributed by atoms with Gasteiger partial charge in [-0.25, -0.2) is 0 Å². The second-order valence-electron chi connectivity index (χ2n) is 3.81. The highest BCUT2D eigenvalue weighted by atomic mass is 35.5. The van der Waals surface area contributed by atoms with E-state index in [-0.39, 0.29) is 11.7 Å². The number of carbonyl (C=O) groups excluding carboxylic acids is 1. The number of ketones is 1. The summed E-state index contributed by atoms with van der Waals surface area (Å²) in [5, 5.41) is 1.06. The number of carbonyl (C=O) groups is 1. The van der Waals surface area contributed by atoms with E-state index in [4.69, 9.17) is 23.2 Å². The summed E-state index contributed by atoms with van der Waals surface area (Å²) in [5.41, 5.74) is 0.563. The van der Waals surface area contributed by atoms with Crippen molar-refractivity contribution in [2.24, 2.45) is 11.8 Å². The summed E-state index contributed by atoms with van der Waals surface area (Å²) in [5.74, 6) is 0.786. The molecule has 1 aromatic carbocycles. The molecule has 0 saturated heterocycles. The lowest BCUT2D eigenvalue weighted by molar-refractivity contribution is 0.0962. The van der Waals surface area contributed by atoms with Crippen LogP contribution in [0.3, 0.4) is 0 Å². The van der Waals surface area contributed by atoms with Gasteiger partial charge in [0.2, 0.25) is 0 Å². The summed E-state index contributed by atoms with van der Waals surface area (Å²) < 4.78 is 0. The van der Waals surface area contributed by atoms with Crippen LogP contribution in [-0.4, -0.2) is 5.78 Å². The van der Waals surface area contributed by atoms with E-state index in [0.29, 0.717) is 21.5 Å². The molecule has 0 heterocycles. The van der Waals surface area contributed by atoms with Gasteiger partial charge >= 0.3 is 0 Å². The van der Waals surface area contributed by atoms with Crippen molar-refractivity contribution < 1.29 is 4.79 Å². The third-order valence-electron chi connectivity index (χ3n) is 2.64. The number of halogens is 2. The first-order valence-electron chi connectivity index (χ1n) is 4.59. The van der Waals surface area contributed by atoms with Crippen LogP contribution in [0.2, 0.25) is 10.0 Å². The van der Waals surface area contributed by atoms with Gasteiger partial charge in [-0.1, -0.05) is 30.1 Å². The lowest BCUT2D eigenvalue weighted by atomic mass is 10.1. The molecule has 0 amide bonds. The fourth-order valence-electron chi connectivity index (χ4n) is 1.57. The van der Waals surface area contributed by atoms with Crippen LogP contribution in [0.5, 0.6) is 0 Å². The van der Waals surface area contributed by atoms with Gasteiger partial charge < -0.3 is 0 Å². The Morgan fingerprint density at radius 3 is 2.64 bits per heavy atom. The quantitative estimate of drug-likeness (QED) is 0.704. The van der Waals surface area contributed by atoms with Crippen molar-refractivity contribution in [1.29, 1.82) is 0 Å². The summed E-state index contributed by atoms with van der Waals surface area (Å²) in [6, 6.07) is 5.01.